The van der Waals surface area contributed by atoms with Gasteiger partial charge >= 0.3 is 0 Å². The fraction of sp³-hybridized carbons (Fsp3) is 0.300. The van der Waals surface area contributed by atoms with Crippen LogP contribution in [0.1, 0.15) is 12.8 Å². The van der Waals surface area contributed by atoms with Crippen molar-refractivity contribution < 1.29 is 23.3 Å². The van der Waals surface area contributed by atoms with Crippen LogP contribution >= 0.6 is 0 Å². The third-order valence-electron chi connectivity index (χ3n) is 4.46. The lowest BCUT2D eigenvalue weighted by atomic mass is 10.2. The van der Waals surface area contributed by atoms with E-state index in [1.807, 2.05) is 0 Å². The number of benzene rings is 2. The molecule has 1 fully saturated rings. The minimum atomic E-state index is -0.496. The highest BCUT2D eigenvalue weighted by atomic mass is 19.1. The normalized spacial score (nSPS) is 16.2. The van der Waals surface area contributed by atoms with Crippen LogP contribution in [0.5, 0.6) is 23.1 Å². The van der Waals surface area contributed by atoms with Gasteiger partial charge in [0.05, 0.1) is 24.6 Å². The first-order valence-corrected chi connectivity index (χ1v) is 8.94. The highest BCUT2D eigenvalue weighted by molar-refractivity contribution is 5.87. The molecule has 0 aliphatic carbocycles. The molecule has 1 aliphatic rings. The van der Waals surface area contributed by atoms with Gasteiger partial charge in [-0.3, -0.25) is 0 Å². The Morgan fingerprint density at radius 2 is 2.04 bits per heavy atom. The molecule has 0 radical (unpaired) electrons. The first-order valence-electron chi connectivity index (χ1n) is 8.94. The van der Waals surface area contributed by atoms with Crippen molar-refractivity contribution in [2.24, 2.45) is 0 Å². The molecule has 0 saturated carbocycles. The molecular weight excluding hydrogens is 365 g/mol. The first-order chi connectivity index (χ1) is 13.7. The number of hydrogen-bond donors (Lipinski definition) is 1. The van der Waals surface area contributed by atoms with Gasteiger partial charge in [0.25, 0.3) is 0 Å². The highest BCUT2D eigenvalue weighted by Gasteiger charge is 2.21. The molecule has 0 spiro atoms. The molecule has 1 aliphatic heterocycles. The van der Waals surface area contributed by atoms with Crippen LogP contribution in [0.4, 0.5) is 10.1 Å². The molecule has 1 atom stereocenters. The van der Waals surface area contributed by atoms with Gasteiger partial charge in [0, 0.05) is 31.3 Å². The van der Waals surface area contributed by atoms with E-state index in [1.165, 1.54) is 12.4 Å². The Morgan fingerprint density at radius 3 is 2.75 bits per heavy atom. The molecule has 2 heterocycles. The van der Waals surface area contributed by atoms with Crippen molar-refractivity contribution in [1.82, 2.24) is 9.97 Å². The Balaban J connectivity index is 1.69. The standard InChI is InChI=1S/C20H20FN3O4/c1-22-12-5-6-16(14(21)8-12)28-20-13-9-17(25-2)18(10-15(13)23-11-24-20)27-19-4-3-7-26-19/h5-6,8-11,19,22H,3-4,7H2,1-2H3. The Hall–Kier alpha value is -3.13. The van der Waals surface area contributed by atoms with Crippen molar-refractivity contribution in [3.8, 4) is 23.1 Å². The molecule has 3 aromatic rings. The van der Waals surface area contributed by atoms with Gasteiger partial charge in [0.15, 0.2) is 29.4 Å². The number of halogens is 1. The number of nitrogens with zero attached hydrogens (tertiary/aromatic N) is 2. The number of anilines is 1. The van der Waals surface area contributed by atoms with Crippen LogP contribution in [0.15, 0.2) is 36.7 Å². The third-order valence-corrected chi connectivity index (χ3v) is 4.46. The SMILES string of the molecule is CNc1ccc(Oc2ncnc3cc(OC4CCCO4)c(OC)cc23)c(F)c1. The fourth-order valence-electron chi connectivity index (χ4n) is 3.00. The van der Waals surface area contributed by atoms with Gasteiger partial charge in [-0.1, -0.05) is 0 Å². The lowest BCUT2D eigenvalue weighted by Crippen LogP contribution is -2.14. The van der Waals surface area contributed by atoms with Crippen LogP contribution < -0.4 is 19.5 Å². The van der Waals surface area contributed by atoms with Crippen LogP contribution in [0.3, 0.4) is 0 Å². The van der Waals surface area contributed by atoms with Crippen LogP contribution in [0, 0.1) is 5.82 Å². The maximum atomic E-state index is 14.3. The van der Waals surface area contributed by atoms with Crippen molar-refractivity contribution in [3.63, 3.8) is 0 Å². The van der Waals surface area contributed by atoms with Crippen molar-refractivity contribution in [2.45, 2.75) is 19.1 Å². The minimum Gasteiger partial charge on any atom is -0.493 e. The number of hydrogen-bond acceptors (Lipinski definition) is 7. The van der Waals surface area contributed by atoms with Gasteiger partial charge in [-0.25, -0.2) is 14.4 Å². The van der Waals surface area contributed by atoms with E-state index >= 15 is 0 Å². The molecular formula is C20H20FN3O4. The molecule has 1 aromatic heterocycles. The second-order valence-corrected chi connectivity index (χ2v) is 6.26. The quantitative estimate of drug-likeness (QED) is 0.684. The molecule has 8 heteroatoms. The molecule has 7 nitrogen and oxygen atoms in total. The molecule has 1 N–H and O–H groups in total. The second kappa shape index (κ2) is 7.85. The van der Waals surface area contributed by atoms with E-state index in [9.17, 15) is 4.39 Å². The first kappa shape index (κ1) is 18.2. The Kier molecular flexibility index (Phi) is 5.12. The van der Waals surface area contributed by atoms with Gasteiger partial charge in [-0.05, 0) is 24.6 Å². The summed E-state index contributed by atoms with van der Waals surface area (Å²) in [7, 11) is 3.26. The van der Waals surface area contributed by atoms with Crippen LogP contribution in [-0.4, -0.2) is 37.0 Å². The summed E-state index contributed by atoms with van der Waals surface area (Å²) in [5.74, 6) is 0.814. The summed E-state index contributed by atoms with van der Waals surface area (Å²) in [6, 6.07) is 8.07. The van der Waals surface area contributed by atoms with E-state index in [2.05, 4.69) is 15.3 Å². The molecule has 146 valence electrons. The third kappa shape index (κ3) is 3.63. The van der Waals surface area contributed by atoms with E-state index in [-0.39, 0.29) is 17.9 Å². The maximum absolute atomic E-state index is 14.3. The van der Waals surface area contributed by atoms with E-state index in [1.54, 1.807) is 38.4 Å². The van der Waals surface area contributed by atoms with Gasteiger partial charge in [-0.15, -0.1) is 0 Å². The summed E-state index contributed by atoms with van der Waals surface area (Å²) in [5.41, 5.74) is 1.24. The number of methoxy groups -OCH3 is 1. The van der Waals surface area contributed by atoms with E-state index in [4.69, 9.17) is 18.9 Å². The topological polar surface area (TPSA) is 74.7 Å². The fourth-order valence-corrected chi connectivity index (χ4v) is 3.00. The van der Waals surface area contributed by atoms with Crippen molar-refractivity contribution in [2.75, 3.05) is 26.1 Å². The second-order valence-electron chi connectivity index (χ2n) is 6.26. The van der Waals surface area contributed by atoms with E-state index in [0.29, 0.717) is 34.7 Å². The lowest BCUT2D eigenvalue weighted by molar-refractivity contribution is -0.0401. The molecule has 28 heavy (non-hydrogen) atoms. The summed E-state index contributed by atoms with van der Waals surface area (Å²) in [4.78, 5) is 8.43. The zero-order valence-electron chi connectivity index (χ0n) is 15.6. The Bertz CT molecular complexity index is 993. The lowest BCUT2D eigenvalue weighted by Gasteiger charge is -2.16. The minimum absolute atomic E-state index is 0.0673. The average molecular weight is 385 g/mol. The van der Waals surface area contributed by atoms with Gasteiger partial charge in [0.1, 0.15) is 6.33 Å². The zero-order chi connectivity index (χ0) is 19.5. The van der Waals surface area contributed by atoms with Gasteiger partial charge < -0.3 is 24.3 Å². The zero-order valence-corrected chi connectivity index (χ0v) is 15.6. The van der Waals surface area contributed by atoms with Crippen molar-refractivity contribution in [3.05, 3.63) is 42.5 Å². The number of fused-ring (bicyclic) bond motifs is 1. The van der Waals surface area contributed by atoms with Crippen LogP contribution in [-0.2, 0) is 4.74 Å². The average Bonchev–Trinajstić information content (AvgIpc) is 3.22. The van der Waals surface area contributed by atoms with E-state index in [0.717, 1.165) is 12.8 Å². The van der Waals surface area contributed by atoms with Crippen molar-refractivity contribution >= 4 is 16.6 Å². The summed E-state index contributed by atoms with van der Waals surface area (Å²) in [6.45, 7) is 0.679. The maximum Gasteiger partial charge on any atom is 0.230 e. The predicted octanol–water partition coefficient (Wildman–Crippen LogP) is 4.13. The number of aromatic nitrogens is 2. The van der Waals surface area contributed by atoms with Crippen molar-refractivity contribution in [1.29, 1.82) is 0 Å². The Labute approximate surface area is 161 Å². The molecule has 1 unspecified atom stereocenters. The highest BCUT2D eigenvalue weighted by Crippen LogP contribution is 2.37. The monoisotopic (exact) mass is 385 g/mol. The molecule has 0 amide bonds. The van der Waals surface area contributed by atoms with Crippen LogP contribution in [0.2, 0.25) is 0 Å². The molecule has 1 saturated heterocycles. The smallest absolute Gasteiger partial charge is 0.230 e. The Morgan fingerprint density at radius 1 is 1.14 bits per heavy atom. The van der Waals surface area contributed by atoms with Gasteiger partial charge in [0.2, 0.25) is 5.88 Å². The largest absolute Gasteiger partial charge is 0.493 e. The summed E-state index contributed by atoms with van der Waals surface area (Å²) in [5, 5.41) is 3.46. The summed E-state index contributed by atoms with van der Waals surface area (Å²) < 4.78 is 36.9. The summed E-state index contributed by atoms with van der Waals surface area (Å²) in [6.07, 6.45) is 2.84. The number of ether oxygens (including phenoxy) is 4. The summed E-state index contributed by atoms with van der Waals surface area (Å²) >= 11 is 0. The van der Waals surface area contributed by atoms with Gasteiger partial charge in [-0.2, -0.15) is 0 Å². The number of nitrogens with one attached hydrogen (secondary N) is 1. The molecule has 2 aromatic carbocycles. The number of rotatable bonds is 6. The predicted molar refractivity (Wildman–Crippen MR) is 102 cm³/mol. The molecule has 4 rings (SSSR count). The van der Waals surface area contributed by atoms with Crippen LogP contribution in [0.25, 0.3) is 10.9 Å². The van der Waals surface area contributed by atoms with E-state index < -0.39 is 5.82 Å². The molecule has 0 bridgehead atoms.